The highest BCUT2D eigenvalue weighted by Crippen LogP contribution is 2.41. The Labute approximate surface area is 242 Å². The van der Waals surface area contributed by atoms with Crippen molar-refractivity contribution < 1.29 is 24.2 Å². The first-order valence-corrected chi connectivity index (χ1v) is 14.3. The zero-order chi connectivity index (χ0) is 28.6. The standard InChI is InChI=1S/C30H32ClN3O5S/c1-4-19-8-6-9-23-20(17-34(27(19)23)18-25(35)32-14-7-15-38-3)16-24-28(36)26(30(37)39-5-2)29(40-24)33-22-12-10-21(31)11-13-22/h6,8-13,16-17,36H,4-5,7,14-15,18H2,1-3H3,(H,32,35)/b24-16-,33-29?. The number of fused-ring (bicyclic) bond motifs is 1. The SMILES string of the molecule is CCOC(=O)C1=C(O)/C(=C/c2cn(CC(=O)NCCCOC)c3c(CC)cccc23)SC1=Nc1ccc(Cl)cc1. The van der Waals surface area contributed by atoms with Crippen molar-refractivity contribution in [3.63, 3.8) is 0 Å². The normalized spacial score (nSPS) is 15.4. The summed E-state index contributed by atoms with van der Waals surface area (Å²) >= 11 is 7.19. The van der Waals surface area contributed by atoms with E-state index in [1.807, 2.05) is 35.0 Å². The molecule has 0 unspecified atom stereocenters. The molecule has 0 spiro atoms. The molecule has 2 heterocycles. The number of nitrogens with zero attached hydrogens (tertiary/aromatic N) is 2. The summed E-state index contributed by atoms with van der Waals surface area (Å²) in [5.74, 6) is -0.942. The number of ether oxygens (including phenoxy) is 2. The molecule has 0 saturated carbocycles. The van der Waals surface area contributed by atoms with Gasteiger partial charge in [0.1, 0.15) is 22.9 Å². The summed E-state index contributed by atoms with van der Waals surface area (Å²) in [5, 5.41) is 15.9. The Balaban J connectivity index is 1.74. The highest BCUT2D eigenvalue weighted by Gasteiger charge is 2.33. The monoisotopic (exact) mass is 581 g/mol. The van der Waals surface area contributed by atoms with Crippen LogP contribution in [-0.2, 0) is 32.0 Å². The molecule has 0 saturated heterocycles. The second-order valence-electron chi connectivity index (χ2n) is 9.02. The summed E-state index contributed by atoms with van der Waals surface area (Å²) in [6.45, 7) is 5.20. The van der Waals surface area contributed by atoms with Crippen LogP contribution in [0.1, 0.15) is 31.4 Å². The molecule has 8 nitrogen and oxygen atoms in total. The fourth-order valence-electron chi connectivity index (χ4n) is 4.41. The first-order chi connectivity index (χ1) is 19.4. The highest BCUT2D eigenvalue weighted by atomic mass is 35.5. The third kappa shape index (κ3) is 6.78. The molecule has 1 aromatic heterocycles. The van der Waals surface area contributed by atoms with E-state index < -0.39 is 5.97 Å². The predicted octanol–water partition coefficient (Wildman–Crippen LogP) is 6.20. The molecule has 210 valence electrons. The molecule has 1 aliphatic rings. The maximum absolute atomic E-state index is 12.8. The number of rotatable bonds is 11. The van der Waals surface area contributed by atoms with E-state index in [1.165, 1.54) is 11.8 Å². The number of hydrogen-bond acceptors (Lipinski definition) is 7. The number of aliphatic hydroxyl groups is 1. The number of aryl methyl sites for hydroxylation is 1. The van der Waals surface area contributed by atoms with Gasteiger partial charge in [0, 0.05) is 42.4 Å². The Hall–Kier alpha value is -3.53. The van der Waals surface area contributed by atoms with E-state index in [4.69, 9.17) is 21.1 Å². The molecule has 0 atom stereocenters. The molecule has 40 heavy (non-hydrogen) atoms. The zero-order valence-corrected chi connectivity index (χ0v) is 24.3. The van der Waals surface area contributed by atoms with Gasteiger partial charge in [-0.15, -0.1) is 0 Å². The molecule has 0 bridgehead atoms. The second-order valence-corrected chi connectivity index (χ2v) is 10.5. The number of carbonyl (C=O) groups is 2. The Morgan fingerprint density at radius 3 is 2.65 bits per heavy atom. The largest absolute Gasteiger partial charge is 0.506 e. The number of aromatic nitrogens is 1. The van der Waals surface area contributed by atoms with E-state index in [1.54, 1.807) is 38.3 Å². The van der Waals surface area contributed by atoms with Crippen molar-refractivity contribution >= 4 is 62.9 Å². The number of methoxy groups -OCH3 is 1. The molecule has 0 fully saturated rings. The third-order valence-corrected chi connectivity index (χ3v) is 7.54. The van der Waals surface area contributed by atoms with Crippen LogP contribution in [0.3, 0.4) is 0 Å². The van der Waals surface area contributed by atoms with Crippen LogP contribution >= 0.6 is 23.4 Å². The number of thioether (sulfide) groups is 1. The number of nitrogens with one attached hydrogen (secondary N) is 1. The van der Waals surface area contributed by atoms with E-state index in [0.29, 0.717) is 33.8 Å². The van der Waals surface area contributed by atoms with Crippen LogP contribution in [0.2, 0.25) is 5.02 Å². The van der Waals surface area contributed by atoms with Crippen LogP contribution < -0.4 is 5.32 Å². The molecular formula is C30H32ClN3O5S. The van der Waals surface area contributed by atoms with Crippen molar-refractivity contribution in [2.45, 2.75) is 33.2 Å². The van der Waals surface area contributed by atoms with Crippen molar-refractivity contribution in [1.29, 1.82) is 0 Å². The second kappa shape index (κ2) is 13.7. The lowest BCUT2D eigenvalue weighted by molar-refractivity contribution is -0.138. The van der Waals surface area contributed by atoms with Crippen LogP contribution in [0.5, 0.6) is 0 Å². The first-order valence-electron chi connectivity index (χ1n) is 13.1. The molecule has 2 aromatic carbocycles. The van der Waals surface area contributed by atoms with Gasteiger partial charge in [-0.05, 0) is 55.7 Å². The number of halogens is 1. The van der Waals surface area contributed by atoms with E-state index >= 15 is 0 Å². The lowest BCUT2D eigenvalue weighted by Gasteiger charge is -2.09. The number of amides is 1. The van der Waals surface area contributed by atoms with Gasteiger partial charge in [-0.1, -0.05) is 48.5 Å². The molecule has 4 rings (SSSR count). The molecular weight excluding hydrogens is 550 g/mol. The van der Waals surface area contributed by atoms with Crippen molar-refractivity contribution in [3.8, 4) is 0 Å². The topological polar surface area (TPSA) is 102 Å². The Morgan fingerprint density at radius 2 is 1.95 bits per heavy atom. The Bertz CT molecular complexity index is 1490. The zero-order valence-electron chi connectivity index (χ0n) is 22.7. The van der Waals surface area contributed by atoms with Crippen molar-refractivity contribution in [2.75, 3.05) is 26.9 Å². The van der Waals surface area contributed by atoms with Crippen LogP contribution in [0.15, 0.2) is 69.9 Å². The first kappa shape index (κ1) is 29.5. The number of carbonyl (C=O) groups excluding carboxylic acids is 2. The van der Waals surface area contributed by atoms with Gasteiger partial charge in [-0.3, -0.25) is 4.79 Å². The lowest BCUT2D eigenvalue weighted by Crippen LogP contribution is -2.28. The maximum atomic E-state index is 12.8. The average molecular weight is 582 g/mol. The third-order valence-electron chi connectivity index (χ3n) is 6.27. The average Bonchev–Trinajstić information content (AvgIpc) is 3.44. The van der Waals surface area contributed by atoms with E-state index in [9.17, 15) is 14.7 Å². The summed E-state index contributed by atoms with van der Waals surface area (Å²) in [4.78, 5) is 30.6. The fourth-order valence-corrected chi connectivity index (χ4v) is 5.56. The number of aliphatic imine (C=N–C) groups is 1. The van der Waals surface area contributed by atoms with Gasteiger partial charge in [-0.25, -0.2) is 9.79 Å². The van der Waals surface area contributed by atoms with Gasteiger partial charge in [0.05, 0.1) is 22.7 Å². The van der Waals surface area contributed by atoms with Gasteiger partial charge in [0.15, 0.2) is 0 Å². The molecule has 0 aliphatic carbocycles. The van der Waals surface area contributed by atoms with Crippen LogP contribution in [0.25, 0.3) is 17.0 Å². The van der Waals surface area contributed by atoms with Crippen molar-refractivity contribution in [2.24, 2.45) is 4.99 Å². The number of para-hydroxylation sites is 1. The minimum Gasteiger partial charge on any atom is -0.506 e. The van der Waals surface area contributed by atoms with Crippen LogP contribution in [0.4, 0.5) is 5.69 Å². The van der Waals surface area contributed by atoms with Crippen LogP contribution in [0, 0.1) is 0 Å². The maximum Gasteiger partial charge on any atom is 0.344 e. The van der Waals surface area contributed by atoms with Gasteiger partial charge in [0.2, 0.25) is 5.91 Å². The predicted molar refractivity (Wildman–Crippen MR) is 161 cm³/mol. The summed E-state index contributed by atoms with van der Waals surface area (Å²) in [5.41, 5.74) is 3.47. The van der Waals surface area contributed by atoms with Crippen molar-refractivity contribution in [3.05, 3.63) is 81.0 Å². The number of aliphatic hydroxyl groups excluding tert-OH is 1. The van der Waals surface area contributed by atoms with E-state index in [2.05, 4.69) is 17.2 Å². The van der Waals surface area contributed by atoms with Gasteiger partial charge >= 0.3 is 5.97 Å². The smallest absolute Gasteiger partial charge is 0.344 e. The molecule has 1 amide bonds. The summed E-state index contributed by atoms with van der Waals surface area (Å²) in [6, 6.07) is 12.9. The molecule has 2 N–H and O–H groups in total. The summed E-state index contributed by atoms with van der Waals surface area (Å²) < 4.78 is 12.2. The Morgan fingerprint density at radius 1 is 1.18 bits per heavy atom. The van der Waals surface area contributed by atoms with Gasteiger partial charge in [0.25, 0.3) is 0 Å². The Kier molecular flexibility index (Phi) is 10.1. The fraction of sp³-hybridized carbons (Fsp3) is 0.300. The van der Waals surface area contributed by atoms with Gasteiger partial charge in [-0.2, -0.15) is 0 Å². The number of esters is 1. The summed E-state index contributed by atoms with van der Waals surface area (Å²) in [7, 11) is 1.63. The molecule has 10 heteroatoms. The van der Waals surface area contributed by atoms with Crippen LogP contribution in [-0.4, -0.2) is 53.5 Å². The highest BCUT2D eigenvalue weighted by molar-refractivity contribution is 8.18. The number of hydrogen-bond donors (Lipinski definition) is 2. The molecule has 3 aromatic rings. The lowest BCUT2D eigenvalue weighted by atomic mass is 10.1. The summed E-state index contributed by atoms with van der Waals surface area (Å²) in [6.07, 6.45) is 5.24. The number of benzene rings is 2. The van der Waals surface area contributed by atoms with E-state index in [0.717, 1.165) is 34.9 Å². The molecule has 0 radical (unpaired) electrons. The van der Waals surface area contributed by atoms with Crippen molar-refractivity contribution in [1.82, 2.24) is 9.88 Å². The molecule has 1 aliphatic heterocycles. The minimum absolute atomic E-state index is 0.0153. The van der Waals surface area contributed by atoms with Gasteiger partial charge < -0.3 is 24.5 Å². The quantitative estimate of drug-likeness (QED) is 0.206. The minimum atomic E-state index is -0.649. The van der Waals surface area contributed by atoms with E-state index in [-0.39, 0.29) is 30.4 Å².